The van der Waals surface area contributed by atoms with Crippen molar-refractivity contribution in [3.05, 3.63) is 45.1 Å². The largest absolute Gasteiger partial charge is 0.386 e. The van der Waals surface area contributed by atoms with Gasteiger partial charge in [-0.3, -0.25) is 0 Å². The molecule has 1 aromatic carbocycles. The van der Waals surface area contributed by atoms with E-state index in [1.54, 1.807) is 25.3 Å². The highest BCUT2D eigenvalue weighted by Gasteiger charge is 2.30. The molecule has 2 aromatic rings. The summed E-state index contributed by atoms with van der Waals surface area (Å²) < 4.78 is 31.9. The maximum atomic E-state index is 14.8. The topological polar surface area (TPSA) is 108 Å². The summed E-state index contributed by atoms with van der Waals surface area (Å²) >= 11 is 1.13. The second kappa shape index (κ2) is 7.31. The molecule has 0 bridgehead atoms. The first-order valence-electron chi connectivity index (χ1n) is 9.73. The van der Waals surface area contributed by atoms with E-state index in [1.165, 1.54) is 0 Å². The lowest BCUT2D eigenvalue weighted by Crippen LogP contribution is -2.23. The molecule has 0 amide bonds. The van der Waals surface area contributed by atoms with E-state index in [-0.39, 0.29) is 10.0 Å². The molecule has 4 rings (SSSR count). The Morgan fingerprint density at radius 3 is 2.28 bits per heavy atom. The van der Waals surface area contributed by atoms with E-state index in [0.717, 1.165) is 65.0 Å². The average Bonchev–Trinajstić information content (AvgIpc) is 3.37. The minimum Gasteiger partial charge on any atom is -0.386 e. The summed E-state index contributed by atoms with van der Waals surface area (Å²) in [7, 11) is -3.36. The first kappa shape index (κ1) is 20.7. The lowest BCUT2D eigenvalue weighted by atomic mass is 9.98. The summed E-state index contributed by atoms with van der Waals surface area (Å²) in [5.41, 5.74) is 3.45. The quantitative estimate of drug-likeness (QED) is 0.537. The smallest absolute Gasteiger partial charge is 0.233 e. The summed E-state index contributed by atoms with van der Waals surface area (Å²) in [4.78, 5) is 0. The van der Waals surface area contributed by atoms with Crippen molar-refractivity contribution in [2.75, 3.05) is 5.32 Å². The van der Waals surface area contributed by atoms with Crippen molar-refractivity contribution in [1.29, 1.82) is 0 Å². The van der Waals surface area contributed by atoms with Gasteiger partial charge in [0.25, 0.3) is 0 Å². The van der Waals surface area contributed by atoms with Crippen molar-refractivity contribution in [3.8, 4) is 0 Å². The van der Waals surface area contributed by atoms with Gasteiger partial charge in [0, 0.05) is 5.69 Å². The number of aliphatic hydroxyl groups is 2. The molecular formula is C20H26FN3O3S2. The number of fused-ring (bicyclic) bond motifs is 2. The third-order valence-corrected chi connectivity index (χ3v) is 8.60. The molecule has 0 radical (unpaired) electrons. The molecule has 9 heteroatoms. The van der Waals surface area contributed by atoms with Crippen LogP contribution >= 0.6 is 11.3 Å². The van der Waals surface area contributed by atoms with Crippen LogP contribution in [-0.2, 0) is 41.2 Å². The summed E-state index contributed by atoms with van der Waals surface area (Å²) in [5.74, 6) is -0.0951. The molecule has 0 aliphatic heterocycles. The van der Waals surface area contributed by atoms with Crippen LogP contribution in [0.2, 0.25) is 0 Å². The van der Waals surface area contributed by atoms with E-state index in [1.807, 2.05) is 0 Å². The fourth-order valence-corrected chi connectivity index (χ4v) is 6.58. The number of hydrogen-bond acceptors (Lipinski definition) is 6. The summed E-state index contributed by atoms with van der Waals surface area (Å²) in [6.07, 6.45) is 3.13. The van der Waals surface area contributed by atoms with Crippen molar-refractivity contribution in [2.45, 2.75) is 68.5 Å². The van der Waals surface area contributed by atoms with E-state index < -0.39 is 21.9 Å². The number of nitrogens with two attached hydrogens (primary N) is 1. The predicted molar refractivity (Wildman–Crippen MR) is 113 cm³/mol. The van der Waals surface area contributed by atoms with Crippen molar-refractivity contribution >= 4 is 26.9 Å². The second-order valence-corrected chi connectivity index (χ2v) is 11.2. The van der Waals surface area contributed by atoms with Crippen molar-refractivity contribution in [3.63, 3.8) is 0 Å². The Labute approximate surface area is 174 Å². The molecule has 1 heterocycles. The van der Waals surface area contributed by atoms with Crippen LogP contribution in [-0.4, -0.2) is 20.8 Å². The number of aliphatic hydroxyl groups excluding tert-OH is 1. The van der Waals surface area contributed by atoms with Gasteiger partial charge >= 0.3 is 0 Å². The van der Waals surface area contributed by atoms with Gasteiger partial charge in [0.05, 0.1) is 5.60 Å². The molecule has 6 nitrogen and oxygen atoms in total. The summed E-state index contributed by atoms with van der Waals surface area (Å²) in [6.45, 7) is 3.25. The highest BCUT2D eigenvalue weighted by molar-refractivity contribution is 7.93. The Bertz CT molecular complexity index is 1050. The molecule has 2 aliphatic rings. The lowest BCUT2D eigenvalue weighted by Gasteiger charge is -2.20. The third-order valence-electron chi connectivity index (χ3n) is 5.67. The number of benzene rings is 1. The van der Waals surface area contributed by atoms with Gasteiger partial charge in [0.2, 0.25) is 6.35 Å². The van der Waals surface area contributed by atoms with Gasteiger partial charge < -0.3 is 15.5 Å². The van der Waals surface area contributed by atoms with E-state index in [0.29, 0.717) is 18.4 Å². The van der Waals surface area contributed by atoms with E-state index in [9.17, 15) is 18.8 Å². The zero-order chi connectivity index (χ0) is 21.0. The van der Waals surface area contributed by atoms with Gasteiger partial charge in [-0.25, -0.2) is 13.7 Å². The molecule has 1 unspecified atom stereocenters. The number of nitrogens with one attached hydrogen (secondary N) is 1. The van der Waals surface area contributed by atoms with E-state index in [2.05, 4.69) is 9.68 Å². The highest BCUT2D eigenvalue weighted by atomic mass is 32.2. The van der Waals surface area contributed by atoms with Crippen LogP contribution in [0.15, 0.2) is 20.0 Å². The predicted octanol–water partition coefficient (Wildman–Crippen LogP) is 3.18. The summed E-state index contributed by atoms with van der Waals surface area (Å²) in [6, 6.07) is 1.55. The molecule has 1 aromatic heterocycles. The standard InChI is InChI=1S/C20H26FN3O3S2/c1-20(2,26)11-9-16(28-10-11)29(22,27)24-19(25)23-18-14-7-3-5-12(14)17(21)13-6-4-8-15(13)18/h9-10,19,23,25-26H,3-8H2,1-2H3,(H2,22,24,27)/t19?,29-/m1/s1. The number of nitrogens with zero attached hydrogens (tertiary/aromatic N) is 1. The fraction of sp³-hybridized carbons (Fsp3) is 0.500. The van der Waals surface area contributed by atoms with Gasteiger partial charge in [-0.05, 0) is 91.6 Å². The Morgan fingerprint density at radius 2 is 1.76 bits per heavy atom. The van der Waals surface area contributed by atoms with Crippen LogP contribution in [0.25, 0.3) is 0 Å². The third kappa shape index (κ3) is 3.82. The number of anilines is 1. The Kier molecular flexibility index (Phi) is 5.23. The molecule has 158 valence electrons. The maximum Gasteiger partial charge on any atom is 0.233 e. The number of thiophene rings is 1. The van der Waals surface area contributed by atoms with Crippen molar-refractivity contribution < 1.29 is 18.8 Å². The molecule has 0 saturated carbocycles. The first-order chi connectivity index (χ1) is 13.6. The van der Waals surface area contributed by atoms with Crippen LogP contribution < -0.4 is 10.5 Å². The average molecular weight is 440 g/mol. The summed E-state index contributed by atoms with van der Waals surface area (Å²) in [5, 5.41) is 31.2. The van der Waals surface area contributed by atoms with E-state index >= 15 is 0 Å². The molecule has 2 aliphatic carbocycles. The molecule has 0 fully saturated rings. The first-order valence-corrected chi connectivity index (χ1v) is 12.2. The minimum atomic E-state index is -3.36. The monoisotopic (exact) mass is 439 g/mol. The normalized spacial score (nSPS) is 18.8. The van der Waals surface area contributed by atoms with Gasteiger partial charge in [-0.15, -0.1) is 11.3 Å². The molecule has 2 atom stereocenters. The zero-order valence-corrected chi connectivity index (χ0v) is 18.1. The van der Waals surface area contributed by atoms with Crippen LogP contribution in [0.5, 0.6) is 0 Å². The van der Waals surface area contributed by atoms with Crippen molar-refractivity contribution in [1.82, 2.24) is 0 Å². The van der Waals surface area contributed by atoms with Crippen molar-refractivity contribution in [2.24, 2.45) is 9.50 Å². The fourth-order valence-electron chi connectivity index (χ4n) is 4.21. The van der Waals surface area contributed by atoms with Gasteiger partial charge in [-0.1, -0.05) is 0 Å². The van der Waals surface area contributed by atoms with Crippen LogP contribution in [0.3, 0.4) is 0 Å². The van der Waals surface area contributed by atoms with Crippen LogP contribution in [0.1, 0.15) is 54.5 Å². The zero-order valence-electron chi connectivity index (χ0n) is 16.5. The maximum absolute atomic E-state index is 14.8. The number of halogens is 1. The molecule has 29 heavy (non-hydrogen) atoms. The SMILES string of the molecule is CC(C)(O)c1csc([S@](N)(=O)=NC(O)Nc2c3c(c(F)c4c2CCC4)CCC3)c1. The van der Waals surface area contributed by atoms with Crippen LogP contribution in [0, 0.1) is 5.82 Å². The van der Waals surface area contributed by atoms with Gasteiger partial charge in [-0.2, -0.15) is 4.36 Å². The van der Waals surface area contributed by atoms with Gasteiger partial charge in [0.1, 0.15) is 19.9 Å². The molecule has 0 saturated heterocycles. The Hall–Kier alpha value is -1.52. The second-order valence-electron chi connectivity index (χ2n) is 8.22. The molecule has 0 spiro atoms. The molecule has 5 N–H and O–H groups in total. The number of hydrogen-bond donors (Lipinski definition) is 4. The minimum absolute atomic E-state index is 0.0951. The lowest BCUT2D eigenvalue weighted by molar-refractivity contribution is 0.0789. The Balaban J connectivity index is 1.66. The molecular weight excluding hydrogens is 413 g/mol. The van der Waals surface area contributed by atoms with E-state index in [4.69, 9.17) is 5.14 Å². The number of rotatable bonds is 5. The Morgan fingerprint density at radius 1 is 1.21 bits per heavy atom. The highest BCUT2D eigenvalue weighted by Crippen LogP contribution is 2.41. The van der Waals surface area contributed by atoms with Gasteiger partial charge in [0.15, 0.2) is 0 Å². The van der Waals surface area contributed by atoms with Crippen LogP contribution in [0.4, 0.5) is 10.1 Å².